The number of ketones is 1. The number of halogens is 1. The number of allylic oxidation sites excluding steroid dienone is 2. The molecule has 3 heterocycles. The van der Waals surface area contributed by atoms with Crippen LogP contribution in [0.15, 0.2) is 30.4 Å². The number of Topliss-reactive ketones (excluding diaryl/α,β-unsaturated/α-hetero) is 1. The van der Waals surface area contributed by atoms with E-state index in [2.05, 4.69) is 14.7 Å². The Morgan fingerprint density at radius 1 is 1.16 bits per heavy atom. The normalized spacial score (nSPS) is 30.6. The third kappa shape index (κ3) is 6.08. The van der Waals surface area contributed by atoms with Crippen molar-refractivity contribution in [1.82, 2.24) is 19.6 Å². The van der Waals surface area contributed by atoms with Crippen molar-refractivity contribution in [2.75, 3.05) is 6.54 Å². The number of aromatic nitrogens is 2. The molecule has 5 atom stereocenters. The van der Waals surface area contributed by atoms with E-state index in [0.717, 1.165) is 25.7 Å². The molecule has 3 N–H and O–H groups in total. The molecule has 2 saturated carbocycles. The van der Waals surface area contributed by atoms with Crippen LogP contribution in [0.2, 0.25) is 0 Å². The first kappa shape index (κ1) is 30.6. The van der Waals surface area contributed by atoms with E-state index in [1.165, 1.54) is 11.0 Å². The number of nitrogens with two attached hydrogens (primary N) is 1. The van der Waals surface area contributed by atoms with Gasteiger partial charge in [-0.2, -0.15) is 0 Å². The van der Waals surface area contributed by atoms with Gasteiger partial charge in [0.05, 0.1) is 34.8 Å². The van der Waals surface area contributed by atoms with Gasteiger partial charge in [-0.25, -0.2) is 22.8 Å². The van der Waals surface area contributed by atoms with E-state index in [9.17, 15) is 27.2 Å². The van der Waals surface area contributed by atoms with Gasteiger partial charge in [0.25, 0.3) is 0 Å². The summed E-state index contributed by atoms with van der Waals surface area (Å²) in [6.07, 6.45) is 8.25. The molecule has 1 saturated heterocycles. The summed E-state index contributed by atoms with van der Waals surface area (Å²) in [4.78, 5) is 51.3. The standard InChI is InChI=1S/C31H38FN5O6S/c1-18-28(35-27-22(32)9-7-11-24(27)34-18)43-20-14-25-26(38)16-31(30(40)36-44(41,42)21-12-13-21)15-19(31)8-5-3-2-4-6-10-23(33)29(39)37(25)17-20/h5,7-9,11,19-21,23,25H,2-4,6,10,12-17,33H2,1H3,(H,36,40)/b8-5-/t19-,20-,23+,25+,31-/m1/s1. The minimum Gasteiger partial charge on any atom is -0.471 e. The summed E-state index contributed by atoms with van der Waals surface area (Å²) in [6.45, 7) is 1.74. The summed E-state index contributed by atoms with van der Waals surface area (Å²) in [6, 6.07) is 2.74. The maximum atomic E-state index is 14.5. The van der Waals surface area contributed by atoms with E-state index in [-0.39, 0.29) is 48.4 Å². The number of fused-ring (bicyclic) bond motifs is 3. The molecular formula is C31H38FN5O6S. The molecule has 1 aromatic carbocycles. The summed E-state index contributed by atoms with van der Waals surface area (Å²) < 4.78 is 48.2. The van der Waals surface area contributed by atoms with Crippen molar-refractivity contribution in [3.05, 3.63) is 41.9 Å². The number of nitrogens with zero attached hydrogens (tertiary/aromatic N) is 3. The van der Waals surface area contributed by atoms with Gasteiger partial charge < -0.3 is 15.4 Å². The Morgan fingerprint density at radius 2 is 1.95 bits per heavy atom. The number of ether oxygens (including phenoxy) is 1. The fourth-order valence-electron chi connectivity index (χ4n) is 6.47. The van der Waals surface area contributed by atoms with Crippen LogP contribution in [-0.4, -0.2) is 70.9 Å². The van der Waals surface area contributed by atoms with Crippen LogP contribution in [0.4, 0.5) is 4.39 Å². The van der Waals surface area contributed by atoms with Crippen LogP contribution in [0.3, 0.4) is 0 Å². The lowest BCUT2D eigenvalue weighted by molar-refractivity contribution is -0.140. The number of sulfonamides is 1. The molecule has 0 unspecified atom stereocenters. The number of carbonyl (C=O) groups is 3. The van der Waals surface area contributed by atoms with E-state index >= 15 is 0 Å². The fraction of sp³-hybridized carbons (Fsp3) is 0.581. The Morgan fingerprint density at radius 3 is 2.73 bits per heavy atom. The minimum absolute atomic E-state index is 0.0528. The topological polar surface area (TPSA) is 162 Å². The van der Waals surface area contributed by atoms with Crippen molar-refractivity contribution in [2.24, 2.45) is 17.1 Å². The van der Waals surface area contributed by atoms with Crippen LogP contribution < -0.4 is 15.2 Å². The van der Waals surface area contributed by atoms with Gasteiger partial charge in [-0.15, -0.1) is 0 Å². The Labute approximate surface area is 255 Å². The Hall–Kier alpha value is -3.45. The van der Waals surface area contributed by atoms with Crippen LogP contribution >= 0.6 is 0 Å². The first-order valence-electron chi connectivity index (χ1n) is 15.4. The van der Waals surface area contributed by atoms with Gasteiger partial charge in [-0.1, -0.05) is 31.1 Å². The molecule has 13 heteroatoms. The highest BCUT2D eigenvalue weighted by Crippen LogP contribution is 2.57. The van der Waals surface area contributed by atoms with Gasteiger partial charge in [-0.05, 0) is 63.5 Å². The van der Waals surface area contributed by atoms with Gasteiger partial charge in [0, 0.05) is 12.8 Å². The SMILES string of the molecule is Cc1nc2cccc(F)c2nc1O[C@@H]1C[C@H]2C(=O)C[C@]3(C(=O)NS(=O)(=O)C4CC4)C[C@H]3/C=C\CCCCC[C@H](N)C(=O)N2C1. The minimum atomic E-state index is -3.81. The molecule has 2 aliphatic heterocycles. The highest BCUT2D eigenvalue weighted by Gasteiger charge is 2.61. The summed E-state index contributed by atoms with van der Waals surface area (Å²) in [5.74, 6) is -2.12. The summed E-state index contributed by atoms with van der Waals surface area (Å²) in [5, 5.41) is -0.578. The predicted molar refractivity (Wildman–Crippen MR) is 159 cm³/mol. The van der Waals surface area contributed by atoms with Crippen LogP contribution in [0.5, 0.6) is 5.88 Å². The highest BCUT2D eigenvalue weighted by atomic mass is 32.2. The first-order chi connectivity index (χ1) is 21.0. The largest absolute Gasteiger partial charge is 0.471 e. The Balaban J connectivity index is 1.27. The fourth-order valence-corrected chi connectivity index (χ4v) is 7.85. The quantitative estimate of drug-likeness (QED) is 0.475. The predicted octanol–water partition coefficient (Wildman–Crippen LogP) is 2.85. The summed E-state index contributed by atoms with van der Waals surface area (Å²) in [7, 11) is -3.81. The maximum absolute atomic E-state index is 14.5. The first-order valence-corrected chi connectivity index (χ1v) is 16.9. The van der Waals surface area contributed by atoms with Gasteiger partial charge in [-0.3, -0.25) is 19.1 Å². The van der Waals surface area contributed by atoms with Crippen LogP contribution in [-0.2, 0) is 24.4 Å². The molecule has 0 spiro atoms. The number of rotatable bonds is 5. The molecule has 6 rings (SSSR count). The van der Waals surface area contributed by atoms with Crippen molar-refractivity contribution in [3.8, 4) is 5.88 Å². The van der Waals surface area contributed by atoms with Crippen molar-refractivity contribution in [1.29, 1.82) is 0 Å². The van der Waals surface area contributed by atoms with Crippen LogP contribution in [0, 0.1) is 24.1 Å². The smallest absolute Gasteiger partial charge is 0.240 e. The second-order valence-electron chi connectivity index (χ2n) is 12.7. The lowest BCUT2D eigenvalue weighted by Gasteiger charge is -2.27. The van der Waals surface area contributed by atoms with Crippen molar-refractivity contribution in [2.45, 2.75) is 94.6 Å². The molecular weight excluding hydrogens is 589 g/mol. The molecule has 11 nitrogen and oxygen atoms in total. The molecule has 2 aromatic rings. The van der Waals surface area contributed by atoms with Crippen molar-refractivity contribution in [3.63, 3.8) is 0 Å². The van der Waals surface area contributed by atoms with E-state index in [1.54, 1.807) is 19.1 Å². The van der Waals surface area contributed by atoms with E-state index in [0.29, 0.717) is 36.9 Å². The van der Waals surface area contributed by atoms with E-state index < -0.39 is 50.6 Å². The van der Waals surface area contributed by atoms with Gasteiger partial charge >= 0.3 is 0 Å². The second kappa shape index (κ2) is 11.8. The molecule has 44 heavy (non-hydrogen) atoms. The zero-order chi connectivity index (χ0) is 31.2. The Bertz CT molecular complexity index is 1630. The van der Waals surface area contributed by atoms with E-state index in [1.807, 2.05) is 12.2 Å². The molecule has 236 valence electrons. The molecule has 2 amide bonds. The lowest BCUT2D eigenvalue weighted by Crippen LogP contribution is -2.49. The van der Waals surface area contributed by atoms with Gasteiger partial charge in [0.1, 0.15) is 17.3 Å². The summed E-state index contributed by atoms with van der Waals surface area (Å²) in [5.41, 5.74) is 5.98. The average Bonchev–Trinajstić information content (AvgIpc) is 3.90. The summed E-state index contributed by atoms with van der Waals surface area (Å²) >= 11 is 0. The monoisotopic (exact) mass is 627 g/mol. The number of amides is 2. The molecule has 0 radical (unpaired) electrons. The number of hydrogen-bond donors (Lipinski definition) is 2. The third-order valence-corrected chi connectivity index (χ3v) is 11.1. The average molecular weight is 628 g/mol. The molecule has 0 bridgehead atoms. The van der Waals surface area contributed by atoms with Gasteiger partial charge in [0.15, 0.2) is 11.6 Å². The van der Waals surface area contributed by atoms with Crippen molar-refractivity contribution >= 4 is 38.7 Å². The number of hydrogen-bond acceptors (Lipinski definition) is 9. The maximum Gasteiger partial charge on any atom is 0.240 e. The molecule has 2 aliphatic carbocycles. The number of benzene rings is 1. The highest BCUT2D eigenvalue weighted by molar-refractivity contribution is 7.90. The lowest BCUT2D eigenvalue weighted by atomic mass is 9.91. The van der Waals surface area contributed by atoms with Crippen molar-refractivity contribution < 1.29 is 31.9 Å². The number of aryl methyl sites for hydroxylation is 1. The molecule has 1 aromatic heterocycles. The zero-order valence-corrected chi connectivity index (χ0v) is 25.5. The number of carbonyl (C=O) groups excluding carboxylic acids is 3. The zero-order valence-electron chi connectivity index (χ0n) is 24.7. The second-order valence-corrected chi connectivity index (χ2v) is 14.6. The van der Waals surface area contributed by atoms with Crippen LogP contribution in [0.1, 0.15) is 69.9 Å². The van der Waals surface area contributed by atoms with E-state index in [4.69, 9.17) is 10.5 Å². The molecule has 4 aliphatic rings. The number of para-hydroxylation sites is 1. The van der Waals surface area contributed by atoms with Gasteiger partial charge in [0.2, 0.25) is 27.7 Å². The van der Waals surface area contributed by atoms with Crippen LogP contribution in [0.25, 0.3) is 11.0 Å². The molecule has 3 fully saturated rings. The number of nitrogens with one attached hydrogen (secondary N) is 1. The third-order valence-electron chi connectivity index (χ3n) is 9.32. The Kier molecular flexibility index (Phi) is 8.20.